The molecule has 1 fully saturated rings. The quantitative estimate of drug-likeness (QED) is 0.620. The van der Waals surface area contributed by atoms with Gasteiger partial charge in [0.25, 0.3) is 15.9 Å². The molecule has 8 heteroatoms. The predicted octanol–water partition coefficient (Wildman–Crippen LogP) is 3.60. The van der Waals surface area contributed by atoms with E-state index in [4.69, 9.17) is 4.74 Å². The molecule has 0 saturated carbocycles. The van der Waals surface area contributed by atoms with Crippen molar-refractivity contribution in [3.8, 4) is 0 Å². The van der Waals surface area contributed by atoms with Gasteiger partial charge in [-0.25, -0.2) is 8.42 Å². The highest BCUT2D eigenvalue weighted by Gasteiger charge is 2.25. The van der Waals surface area contributed by atoms with Crippen molar-refractivity contribution in [2.75, 3.05) is 47.9 Å². The van der Waals surface area contributed by atoms with E-state index >= 15 is 0 Å². The average molecular weight is 452 g/mol. The monoisotopic (exact) mass is 451 g/mol. The van der Waals surface area contributed by atoms with E-state index in [2.05, 4.69) is 10.2 Å². The lowest BCUT2D eigenvalue weighted by molar-refractivity contribution is 0.102. The van der Waals surface area contributed by atoms with Crippen molar-refractivity contribution >= 4 is 33.0 Å². The second-order valence-electron chi connectivity index (χ2n) is 7.40. The van der Waals surface area contributed by atoms with Gasteiger partial charge >= 0.3 is 0 Å². The number of anilines is 3. The number of nitrogens with zero attached hydrogens (tertiary/aromatic N) is 2. The summed E-state index contributed by atoms with van der Waals surface area (Å²) in [6.07, 6.45) is 0. The van der Waals surface area contributed by atoms with E-state index in [1.807, 2.05) is 24.3 Å². The summed E-state index contributed by atoms with van der Waals surface area (Å²) < 4.78 is 32.6. The Balaban J connectivity index is 1.54. The molecule has 4 rings (SSSR count). The number of ether oxygens (including phenoxy) is 1. The van der Waals surface area contributed by atoms with Gasteiger partial charge in [0.05, 0.1) is 29.4 Å². The number of hydrogen-bond acceptors (Lipinski definition) is 5. The third-order valence-corrected chi connectivity index (χ3v) is 7.18. The van der Waals surface area contributed by atoms with Crippen LogP contribution < -0.4 is 14.5 Å². The van der Waals surface area contributed by atoms with Crippen molar-refractivity contribution in [2.24, 2.45) is 0 Å². The minimum atomic E-state index is -3.80. The summed E-state index contributed by atoms with van der Waals surface area (Å²) in [4.78, 5) is 15.4. The van der Waals surface area contributed by atoms with Gasteiger partial charge in [0.2, 0.25) is 0 Å². The third kappa shape index (κ3) is 4.61. The molecular formula is C24H25N3O4S. The zero-order valence-corrected chi connectivity index (χ0v) is 18.6. The SMILES string of the molecule is CN(c1ccccc1C(=O)Nc1ccc(N2CCOCC2)cc1)S(=O)(=O)c1ccccc1. The molecule has 1 aliphatic heterocycles. The fraction of sp³-hybridized carbons (Fsp3) is 0.208. The molecule has 1 aliphatic rings. The number of morpholine rings is 1. The molecule has 3 aromatic carbocycles. The Labute approximate surface area is 188 Å². The van der Waals surface area contributed by atoms with Crippen molar-refractivity contribution in [2.45, 2.75) is 4.90 Å². The highest BCUT2D eigenvalue weighted by atomic mass is 32.2. The number of sulfonamides is 1. The summed E-state index contributed by atoms with van der Waals surface area (Å²) in [7, 11) is -2.35. The molecule has 0 radical (unpaired) electrons. The van der Waals surface area contributed by atoms with Crippen LogP contribution in [0.2, 0.25) is 0 Å². The van der Waals surface area contributed by atoms with E-state index in [1.54, 1.807) is 42.5 Å². The van der Waals surface area contributed by atoms with Crippen LogP contribution in [0.1, 0.15) is 10.4 Å². The minimum Gasteiger partial charge on any atom is -0.378 e. The molecule has 0 atom stereocenters. The van der Waals surface area contributed by atoms with Crippen LogP contribution in [0.4, 0.5) is 17.1 Å². The maximum absolute atomic E-state index is 13.0. The summed E-state index contributed by atoms with van der Waals surface area (Å²) in [5.41, 5.74) is 2.28. The lowest BCUT2D eigenvalue weighted by Gasteiger charge is -2.29. The number of carbonyl (C=O) groups is 1. The van der Waals surface area contributed by atoms with Crippen LogP contribution in [0, 0.1) is 0 Å². The third-order valence-electron chi connectivity index (χ3n) is 5.39. The maximum atomic E-state index is 13.0. The molecule has 3 aromatic rings. The Hall–Kier alpha value is -3.36. The van der Waals surface area contributed by atoms with E-state index in [0.717, 1.165) is 23.1 Å². The molecule has 1 N–H and O–H groups in total. The van der Waals surface area contributed by atoms with Crippen LogP contribution in [0.3, 0.4) is 0 Å². The molecule has 0 aromatic heterocycles. The van der Waals surface area contributed by atoms with Gasteiger partial charge in [0.1, 0.15) is 0 Å². The smallest absolute Gasteiger partial charge is 0.264 e. The van der Waals surface area contributed by atoms with Crippen molar-refractivity contribution in [1.82, 2.24) is 0 Å². The minimum absolute atomic E-state index is 0.163. The maximum Gasteiger partial charge on any atom is 0.264 e. The van der Waals surface area contributed by atoms with Crippen molar-refractivity contribution in [3.05, 3.63) is 84.4 Å². The first kappa shape index (κ1) is 21.9. The fourth-order valence-electron chi connectivity index (χ4n) is 3.60. The van der Waals surface area contributed by atoms with Crippen molar-refractivity contribution in [1.29, 1.82) is 0 Å². The number of rotatable bonds is 6. The molecule has 1 amide bonds. The van der Waals surface area contributed by atoms with Gasteiger partial charge in [-0.15, -0.1) is 0 Å². The van der Waals surface area contributed by atoms with E-state index in [-0.39, 0.29) is 16.4 Å². The lowest BCUT2D eigenvalue weighted by atomic mass is 10.1. The number of benzene rings is 3. The van der Waals surface area contributed by atoms with Crippen LogP contribution in [0.15, 0.2) is 83.8 Å². The summed E-state index contributed by atoms with van der Waals surface area (Å²) in [6, 6.07) is 22.4. The number of amides is 1. The zero-order valence-electron chi connectivity index (χ0n) is 17.8. The molecule has 0 bridgehead atoms. The second-order valence-corrected chi connectivity index (χ2v) is 9.37. The van der Waals surface area contributed by atoms with Gasteiger partial charge in [-0.2, -0.15) is 0 Å². The summed E-state index contributed by atoms with van der Waals surface area (Å²) >= 11 is 0. The first-order valence-electron chi connectivity index (χ1n) is 10.3. The molecule has 0 spiro atoms. The van der Waals surface area contributed by atoms with Gasteiger partial charge in [-0.3, -0.25) is 9.10 Å². The van der Waals surface area contributed by atoms with Gasteiger partial charge in [-0.1, -0.05) is 30.3 Å². The van der Waals surface area contributed by atoms with E-state index in [0.29, 0.717) is 24.6 Å². The largest absolute Gasteiger partial charge is 0.378 e. The van der Waals surface area contributed by atoms with Crippen molar-refractivity contribution in [3.63, 3.8) is 0 Å². The van der Waals surface area contributed by atoms with Crippen LogP contribution in [0.25, 0.3) is 0 Å². The molecule has 32 heavy (non-hydrogen) atoms. The van der Waals surface area contributed by atoms with Gasteiger partial charge < -0.3 is 15.0 Å². The molecule has 1 heterocycles. The van der Waals surface area contributed by atoms with Gasteiger partial charge in [0, 0.05) is 31.5 Å². The number of hydrogen-bond donors (Lipinski definition) is 1. The lowest BCUT2D eigenvalue weighted by Crippen LogP contribution is -2.36. The summed E-state index contributed by atoms with van der Waals surface area (Å²) in [5, 5.41) is 2.87. The molecule has 166 valence electrons. The molecule has 1 saturated heterocycles. The predicted molar refractivity (Wildman–Crippen MR) is 126 cm³/mol. The molecule has 0 aliphatic carbocycles. The standard InChI is InChI=1S/C24H25N3O4S/c1-26(32(29,30)21-7-3-2-4-8-21)23-10-6-5-9-22(23)24(28)25-19-11-13-20(14-12-19)27-15-17-31-18-16-27/h2-14H,15-18H2,1H3,(H,25,28). The van der Waals surface area contributed by atoms with Gasteiger partial charge in [0.15, 0.2) is 0 Å². The highest BCUT2D eigenvalue weighted by Crippen LogP contribution is 2.27. The van der Waals surface area contributed by atoms with Gasteiger partial charge in [-0.05, 0) is 48.5 Å². The van der Waals surface area contributed by atoms with Crippen LogP contribution in [-0.2, 0) is 14.8 Å². The Morgan fingerprint density at radius 3 is 2.22 bits per heavy atom. The Bertz CT molecular complexity index is 1180. The van der Waals surface area contributed by atoms with Crippen LogP contribution in [0.5, 0.6) is 0 Å². The molecule has 7 nitrogen and oxygen atoms in total. The summed E-state index contributed by atoms with van der Waals surface area (Å²) in [5.74, 6) is -0.380. The Morgan fingerprint density at radius 2 is 1.53 bits per heavy atom. The van der Waals surface area contributed by atoms with Crippen LogP contribution >= 0.6 is 0 Å². The first-order chi connectivity index (χ1) is 15.5. The first-order valence-corrected chi connectivity index (χ1v) is 11.8. The molecule has 0 unspecified atom stereocenters. The van der Waals surface area contributed by atoms with E-state index in [1.165, 1.54) is 19.2 Å². The fourth-order valence-corrected chi connectivity index (χ4v) is 4.83. The average Bonchev–Trinajstić information content (AvgIpc) is 2.85. The number of nitrogens with one attached hydrogen (secondary N) is 1. The summed E-state index contributed by atoms with van der Waals surface area (Å²) in [6.45, 7) is 3.08. The normalized spacial score (nSPS) is 14.1. The van der Waals surface area contributed by atoms with E-state index < -0.39 is 10.0 Å². The van der Waals surface area contributed by atoms with Crippen LogP contribution in [-0.4, -0.2) is 47.7 Å². The van der Waals surface area contributed by atoms with Crippen molar-refractivity contribution < 1.29 is 17.9 Å². The van der Waals surface area contributed by atoms with E-state index in [9.17, 15) is 13.2 Å². The number of carbonyl (C=O) groups excluding carboxylic acids is 1. The Morgan fingerprint density at radius 1 is 0.906 bits per heavy atom. The zero-order chi connectivity index (χ0) is 22.6. The topological polar surface area (TPSA) is 79.0 Å². The Kier molecular flexibility index (Phi) is 6.43. The molecular weight excluding hydrogens is 426 g/mol. The number of para-hydroxylation sites is 1. The second kappa shape index (κ2) is 9.42. The highest BCUT2D eigenvalue weighted by molar-refractivity contribution is 7.92.